The lowest BCUT2D eigenvalue weighted by Crippen LogP contribution is -2.09. The van der Waals surface area contributed by atoms with Gasteiger partial charge in [-0.1, -0.05) is 41.1 Å². The van der Waals surface area contributed by atoms with E-state index in [1.54, 1.807) is 24.3 Å². The summed E-state index contributed by atoms with van der Waals surface area (Å²) in [5.41, 5.74) is 2.07. The Morgan fingerprint density at radius 2 is 2.05 bits per heavy atom. The normalized spacial score (nSPS) is 16.4. The molecule has 6 heteroatoms. The smallest absolute Gasteiger partial charge is 0.264 e. The molecule has 1 aromatic carbocycles. The van der Waals surface area contributed by atoms with Crippen LogP contribution in [-0.2, 0) is 14.4 Å². The van der Waals surface area contributed by atoms with Gasteiger partial charge in [0.15, 0.2) is 0 Å². The summed E-state index contributed by atoms with van der Waals surface area (Å²) in [6.45, 7) is 1.87. The molecule has 0 fully saturated rings. The summed E-state index contributed by atoms with van der Waals surface area (Å²) in [6.07, 6.45) is 5.96. The Bertz CT molecular complexity index is 751. The van der Waals surface area contributed by atoms with Crippen molar-refractivity contribution in [2.75, 3.05) is 0 Å². The van der Waals surface area contributed by atoms with E-state index >= 15 is 0 Å². The summed E-state index contributed by atoms with van der Waals surface area (Å²) >= 11 is 0. The lowest BCUT2D eigenvalue weighted by molar-refractivity contribution is 0.338. The number of aryl methyl sites for hydroxylation is 1. The fourth-order valence-corrected chi connectivity index (χ4v) is 2.52. The molecular weight excluding hydrogens is 288 g/mol. The standard InChI is InChI=1S/C15H14N2O3S/c1-12-6-8-14(9-7-12)21(18,19)20-17-15-5-3-2-4-13(15)10-11-16/h2-4,6-9H,5,10H2,1H3. The van der Waals surface area contributed by atoms with Crippen LogP contribution in [0.2, 0.25) is 0 Å². The van der Waals surface area contributed by atoms with Crippen LogP contribution in [0.15, 0.2) is 58.1 Å². The zero-order valence-electron chi connectivity index (χ0n) is 11.5. The second-order valence-corrected chi connectivity index (χ2v) is 6.07. The highest BCUT2D eigenvalue weighted by atomic mass is 32.2. The number of rotatable bonds is 4. The van der Waals surface area contributed by atoms with Crippen LogP contribution in [0.5, 0.6) is 0 Å². The summed E-state index contributed by atoms with van der Waals surface area (Å²) in [5.74, 6) is 0. The average Bonchev–Trinajstić information content (AvgIpc) is 2.47. The van der Waals surface area contributed by atoms with Crippen LogP contribution < -0.4 is 0 Å². The highest BCUT2D eigenvalue weighted by Gasteiger charge is 2.17. The Balaban J connectivity index is 2.20. The maximum absolute atomic E-state index is 12.0. The Kier molecular flexibility index (Phi) is 4.55. The number of nitriles is 1. The number of hydrogen-bond acceptors (Lipinski definition) is 5. The highest BCUT2D eigenvalue weighted by molar-refractivity contribution is 7.86. The summed E-state index contributed by atoms with van der Waals surface area (Å²) in [6, 6.07) is 8.33. The fraction of sp³-hybridized carbons (Fsp3) is 0.200. The summed E-state index contributed by atoms with van der Waals surface area (Å²) in [7, 11) is -3.94. The van der Waals surface area contributed by atoms with E-state index in [1.165, 1.54) is 12.1 Å². The zero-order chi connectivity index (χ0) is 15.3. The number of hydrogen-bond donors (Lipinski definition) is 0. The average molecular weight is 302 g/mol. The van der Waals surface area contributed by atoms with Crippen molar-refractivity contribution in [3.8, 4) is 6.07 Å². The first kappa shape index (κ1) is 15.0. The van der Waals surface area contributed by atoms with Gasteiger partial charge < -0.3 is 0 Å². The van der Waals surface area contributed by atoms with Crippen molar-refractivity contribution in [1.29, 1.82) is 5.26 Å². The quantitative estimate of drug-likeness (QED) is 0.801. The minimum atomic E-state index is -3.94. The largest absolute Gasteiger partial charge is 0.358 e. The van der Waals surface area contributed by atoms with Crippen LogP contribution in [0.3, 0.4) is 0 Å². The van der Waals surface area contributed by atoms with Crippen LogP contribution in [0.25, 0.3) is 0 Å². The van der Waals surface area contributed by atoms with Crippen LogP contribution >= 0.6 is 0 Å². The minimum absolute atomic E-state index is 0.0506. The molecule has 0 bridgehead atoms. The van der Waals surface area contributed by atoms with Crippen molar-refractivity contribution in [3.63, 3.8) is 0 Å². The third-order valence-electron chi connectivity index (χ3n) is 2.94. The van der Waals surface area contributed by atoms with Gasteiger partial charge in [0.05, 0.1) is 18.2 Å². The van der Waals surface area contributed by atoms with E-state index in [1.807, 2.05) is 19.1 Å². The molecule has 0 aromatic heterocycles. The van der Waals surface area contributed by atoms with E-state index in [4.69, 9.17) is 9.55 Å². The van der Waals surface area contributed by atoms with Crippen LogP contribution in [0, 0.1) is 18.3 Å². The minimum Gasteiger partial charge on any atom is -0.264 e. The van der Waals surface area contributed by atoms with Gasteiger partial charge in [-0.2, -0.15) is 13.7 Å². The first-order valence-electron chi connectivity index (χ1n) is 6.33. The van der Waals surface area contributed by atoms with Gasteiger partial charge in [0, 0.05) is 6.42 Å². The van der Waals surface area contributed by atoms with Gasteiger partial charge in [-0.25, -0.2) is 0 Å². The molecule has 21 heavy (non-hydrogen) atoms. The van der Waals surface area contributed by atoms with Crippen LogP contribution in [0.1, 0.15) is 18.4 Å². The van der Waals surface area contributed by atoms with E-state index in [0.717, 1.165) is 5.56 Å². The molecule has 1 aromatic rings. The number of nitrogens with zero attached hydrogens (tertiary/aromatic N) is 2. The number of oxime groups is 1. The molecule has 0 N–H and O–H groups in total. The lowest BCUT2D eigenvalue weighted by atomic mass is 10.0. The maximum atomic E-state index is 12.0. The van der Waals surface area contributed by atoms with E-state index in [-0.39, 0.29) is 11.3 Å². The SMILES string of the molecule is Cc1ccc(S(=O)(=O)ON=C2CC=CC=C2CC#N)cc1. The van der Waals surface area contributed by atoms with Gasteiger partial charge in [-0.3, -0.25) is 4.28 Å². The lowest BCUT2D eigenvalue weighted by Gasteiger charge is -2.09. The molecule has 0 saturated heterocycles. The third kappa shape index (κ3) is 3.80. The molecule has 0 saturated carbocycles. The predicted molar refractivity (Wildman–Crippen MR) is 79.0 cm³/mol. The Hall–Kier alpha value is -2.39. The molecule has 0 atom stereocenters. The summed E-state index contributed by atoms with van der Waals surface area (Å²) in [4.78, 5) is 0.0506. The van der Waals surface area contributed by atoms with Gasteiger partial charge in [0.25, 0.3) is 0 Å². The van der Waals surface area contributed by atoms with E-state index < -0.39 is 10.1 Å². The predicted octanol–water partition coefficient (Wildman–Crippen LogP) is 2.86. The summed E-state index contributed by atoms with van der Waals surface area (Å²) < 4.78 is 28.8. The van der Waals surface area contributed by atoms with Crippen LogP contribution in [0.4, 0.5) is 0 Å². The van der Waals surface area contributed by atoms with Gasteiger partial charge in [-0.05, 0) is 24.6 Å². The van der Waals surface area contributed by atoms with Crippen molar-refractivity contribution in [2.45, 2.75) is 24.7 Å². The van der Waals surface area contributed by atoms with Gasteiger partial charge in [0.2, 0.25) is 0 Å². The highest BCUT2D eigenvalue weighted by Crippen LogP contribution is 2.17. The van der Waals surface area contributed by atoms with E-state index in [2.05, 4.69) is 5.16 Å². The maximum Gasteiger partial charge on any atom is 0.358 e. The molecule has 2 rings (SSSR count). The van der Waals surface area contributed by atoms with Gasteiger partial charge in [0.1, 0.15) is 4.90 Å². The first-order valence-corrected chi connectivity index (χ1v) is 7.74. The molecule has 0 amide bonds. The van der Waals surface area contributed by atoms with Crippen molar-refractivity contribution in [3.05, 3.63) is 53.6 Å². The van der Waals surface area contributed by atoms with Gasteiger partial charge >= 0.3 is 10.1 Å². The second-order valence-electron chi connectivity index (χ2n) is 4.54. The first-order chi connectivity index (χ1) is 10.0. The van der Waals surface area contributed by atoms with E-state index in [9.17, 15) is 8.42 Å². The third-order valence-corrected chi connectivity index (χ3v) is 4.06. The zero-order valence-corrected chi connectivity index (χ0v) is 12.3. The molecule has 0 radical (unpaired) electrons. The van der Waals surface area contributed by atoms with Crippen molar-refractivity contribution < 1.29 is 12.7 Å². The molecule has 108 valence electrons. The van der Waals surface area contributed by atoms with Crippen molar-refractivity contribution in [1.82, 2.24) is 0 Å². The van der Waals surface area contributed by atoms with Crippen molar-refractivity contribution in [2.24, 2.45) is 5.16 Å². The fourth-order valence-electron chi connectivity index (χ4n) is 1.78. The Labute approximate surface area is 124 Å². The molecule has 5 nitrogen and oxygen atoms in total. The molecular formula is C15H14N2O3S. The van der Waals surface area contributed by atoms with E-state index in [0.29, 0.717) is 17.7 Å². The van der Waals surface area contributed by atoms with Crippen molar-refractivity contribution >= 4 is 15.8 Å². The Morgan fingerprint density at radius 3 is 2.71 bits per heavy atom. The summed E-state index contributed by atoms with van der Waals surface area (Å²) in [5, 5.41) is 12.5. The molecule has 0 aliphatic heterocycles. The number of allylic oxidation sites excluding steroid dienone is 4. The molecule has 0 unspecified atom stereocenters. The molecule has 0 heterocycles. The van der Waals surface area contributed by atoms with Gasteiger partial charge in [-0.15, -0.1) is 0 Å². The Morgan fingerprint density at radius 1 is 1.33 bits per heavy atom. The monoisotopic (exact) mass is 302 g/mol. The molecule has 0 spiro atoms. The molecule has 1 aliphatic carbocycles. The number of benzene rings is 1. The van der Waals surface area contributed by atoms with Crippen LogP contribution in [-0.4, -0.2) is 14.1 Å². The second kappa shape index (κ2) is 6.37. The topological polar surface area (TPSA) is 79.5 Å². The molecule has 1 aliphatic rings.